The normalized spacial score (nSPS) is 12.6. The molecule has 0 aliphatic carbocycles. The number of carbonyl (C=O) groups excluding carboxylic acids is 1. The fourth-order valence-electron chi connectivity index (χ4n) is 3.60. The minimum Gasteiger partial charge on any atom is -0.383 e. The number of alkyl halides is 3. The molecule has 1 atom stereocenters. The third-order valence-corrected chi connectivity index (χ3v) is 5.58. The minimum absolute atomic E-state index is 0.0107. The molecular formula is C23H24ClF3N4O3. The van der Waals surface area contributed by atoms with E-state index < -0.39 is 23.8 Å². The summed E-state index contributed by atoms with van der Waals surface area (Å²) >= 11 is 6.03. The lowest BCUT2D eigenvalue weighted by atomic mass is 10.2. The summed E-state index contributed by atoms with van der Waals surface area (Å²) in [5.41, 5.74) is -0.771. The van der Waals surface area contributed by atoms with Gasteiger partial charge in [0.25, 0.3) is 5.56 Å². The number of urea groups is 1. The van der Waals surface area contributed by atoms with E-state index in [1.54, 1.807) is 26.0 Å². The number of methoxy groups -OCH3 is 1. The minimum atomic E-state index is -4.54. The topological polar surface area (TPSA) is 76.5 Å². The molecule has 182 valence electrons. The number of benzene rings is 2. The number of nitrogens with one attached hydrogen (secondary N) is 1. The highest BCUT2D eigenvalue weighted by Gasteiger charge is 2.31. The van der Waals surface area contributed by atoms with Crippen LogP contribution in [-0.2, 0) is 17.5 Å². The fourth-order valence-corrected chi connectivity index (χ4v) is 3.78. The van der Waals surface area contributed by atoms with E-state index >= 15 is 0 Å². The number of hydrogen-bond acceptors (Lipinski definition) is 4. The van der Waals surface area contributed by atoms with Crippen molar-refractivity contribution in [2.75, 3.05) is 25.6 Å². The van der Waals surface area contributed by atoms with Crippen LogP contribution in [0.3, 0.4) is 0 Å². The zero-order chi connectivity index (χ0) is 25.0. The van der Waals surface area contributed by atoms with Crippen LogP contribution >= 0.6 is 11.6 Å². The molecule has 1 aromatic heterocycles. The number of aromatic nitrogens is 2. The zero-order valence-electron chi connectivity index (χ0n) is 18.8. The van der Waals surface area contributed by atoms with Crippen molar-refractivity contribution in [1.29, 1.82) is 0 Å². The van der Waals surface area contributed by atoms with Crippen LogP contribution < -0.4 is 10.9 Å². The Bertz CT molecular complexity index is 1250. The van der Waals surface area contributed by atoms with E-state index in [9.17, 15) is 22.8 Å². The summed E-state index contributed by atoms with van der Waals surface area (Å²) in [6.45, 7) is 4.04. The maximum absolute atomic E-state index is 13.1. The van der Waals surface area contributed by atoms with Crippen molar-refractivity contribution in [2.24, 2.45) is 0 Å². The number of nitrogens with zero attached hydrogens (tertiary/aromatic N) is 3. The molecule has 1 N–H and O–H groups in total. The van der Waals surface area contributed by atoms with Gasteiger partial charge in [-0.05, 0) is 50.2 Å². The van der Waals surface area contributed by atoms with Crippen LogP contribution in [0.25, 0.3) is 10.9 Å². The van der Waals surface area contributed by atoms with Crippen molar-refractivity contribution in [2.45, 2.75) is 32.6 Å². The first-order valence-electron chi connectivity index (χ1n) is 10.5. The Morgan fingerprint density at radius 3 is 2.65 bits per heavy atom. The molecule has 34 heavy (non-hydrogen) atoms. The van der Waals surface area contributed by atoms with Gasteiger partial charge < -0.3 is 15.0 Å². The van der Waals surface area contributed by atoms with Gasteiger partial charge in [0.05, 0.1) is 29.1 Å². The first-order valence-corrected chi connectivity index (χ1v) is 10.9. The Kier molecular flexibility index (Phi) is 7.83. The molecule has 1 unspecified atom stereocenters. The second-order valence-electron chi connectivity index (χ2n) is 7.55. The summed E-state index contributed by atoms with van der Waals surface area (Å²) < 4.78 is 45.8. The number of fused-ring (bicyclic) bond motifs is 1. The quantitative estimate of drug-likeness (QED) is 0.479. The Labute approximate surface area is 199 Å². The molecule has 3 rings (SSSR count). The molecule has 2 aromatic carbocycles. The van der Waals surface area contributed by atoms with Crippen LogP contribution in [-0.4, -0.2) is 40.7 Å². The van der Waals surface area contributed by atoms with Crippen LogP contribution in [0.2, 0.25) is 5.02 Å². The van der Waals surface area contributed by atoms with Crippen molar-refractivity contribution >= 4 is 34.2 Å². The van der Waals surface area contributed by atoms with E-state index in [1.165, 1.54) is 34.8 Å². The second-order valence-corrected chi connectivity index (χ2v) is 7.99. The van der Waals surface area contributed by atoms with Gasteiger partial charge in [-0.15, -0.1) is 0 Å². The van der Waals surface area contributed by atoms with Gasteiger partial charge in [0.2, 0.25) is 0 Å². The average molecular weight is 497 g/mol. The Morgan fingerprint density at radius 2 is 2.00 bits per heavy atom. The molecule has 0 aliphatic heterocycles. The molecule has 0 aliphatic rings. The lowest BCUT2D eigenvalue weighted by Crippen LogP contribution is -2.41. The lowest BCUT2D eigenvalue weighted by molar-refractivity contribution is -0.137. The molecule has 0 bridgehead atoms. The van der Waals surface area contributed by atoms with E-state index in [0.29, 0.717) is 28.3 Å². The molecular weight excluding hydrogens is 473 g/mol. The van der Waals surface area contributed by atoms with Crippen molar-refractivity contribution in [3.8, 4) is 0 Å². The number of rotatable bonds is 7. The summed E-state index contributed by atoms with van der Waals surface area (Å²) in [5.74, 6) is 0.331. The summed E-state index contributed by atoms with van der Waals surface area (Å²) in [6, 6.07) is 7.78. The van der Waals surface area contributed by atoms with Gasteiger partial charge in [-0.1, -0.05) is 17.7 Å². The number of carbonyl (C=O) groups is 1. The number of amides is 2. The van der Waals surface area contributed by atoms with E-state index in [-0.39, 0.29) is 24.4 Å². The summed E-state index contributed by atoms with van der Waals surface area (Å²) in [4.78, 5) is 32.2. The van der Waals surface area contributed by atoms with E-state index in [4.69, 9.17) is 16.3 Å². The molecule has 2 amide bonds. The van der Waals surface area contributed by atoms with Crippen molar-refractivity contribution in [3.63, 3.8) is 0 Å². The van der Waals surface area contributed by atoms with Crippen molar-refractivity contribution in [1.82, 2.24) is 14.5 Å². The SMILES string of the molecule is CCn1c(C(C)N(CCOC)C(=O)Nc2cccc(C(F)(F)F)c2)nc2ccc(Cl)cc2c1=O. The average Bonchev–Trinajstić information content (AvgIpc) is 2.79. The number of anilines is 1. The highest BCUT2D eigenvalue weighted by molar-refractivity contribution is 6.31. The monoisotopic (exact) mass is 496 g/mol. The molecule has 0 fully saturated rings. The first kappa shape index (κ1) is 25.5. The number of ether oxygens (including phenoxy) is 1. The number of hydrogen-bond donors (Lipinski definition) is 1. The van der Waals surface area contributed by atoms with Gasteiger partial charge in [0.15, 0.2) is 0 Å². The van der Waals surface area contributed by atoms with Gasteiger partial charge in [0.1, 0.15) is 5.82 Å². The highest BCUT2D eigenvalue weighted by Crippen LogP contribution is 2.31. The molecule has 3 aromatic rings. The van der Waals surface area contributed by atoms with Gasteiger partial charge >= 0.3 is 12.2 Å². The van der Waals surface area contributed by atoms with Crippen LogP contribution in [0.15, 0.2) is 47.3 Å². The fraction of sp³-hybridized carbons (Fsp3) is 0.348. The Morgan fingerprint density at radius 1 is 1.26 bits per heavy atom. The molecule has 0 saturated carbocycles. The highest BCUT2D eigenvalue weighted by atomic mass is 35.5. The molecule has 0 spiro atoms. The lowest BCUT2D eigenvalue weighted by Gasteiger charge is -2.30. The summed E-state index contributed by atoms with van der Waals surface area (Å²) in [5, 5.41) is 3.26. The van der Waals surface area contributed by atoms with Crippen LogP contribution in [0.5, 0.6) is 0 Å². The zero-order valence-corrected chi connectivity index (χ0v) is 19.6. The maximum atomic E-state index is 13.1. The Balaban J connectivity index is 1.99. The third kappa shape index (κ3) is 5.51. The maximum Gasteiger partial charge on any atom is 0.416 e. The molecule has 0 saturated heterocycles. The first-order chi connectivity index (χ1) is 16.1. The predicted molar refractivity (Wildman–Crippen MR) is 124 cm³/mol. The van der Waals surface area contributed by atoms with Gasteiger partial charge in [0, 0.05) is 30.9 Å². The standard InChI is InChI=1S/C23H24ClF3N4O3/c1-4-30-20(29-19-9-8-16(24)13-18(19)21(30)32)14(2)31(10-11-34-3)22(33)28-17-7-5-6-15(12-17)23(25,26)27/h5-9,12-14H,4,10-11H2,1-3H3,(H,28,33). The van der Waals surface area contributed by atoms with Gasteiger partial charge in [-0.3, -0.25) is 9.36 Å². The van der Waals surface area contributed by atoms with E-state index in [1.807, 2.05) is 0 Å². The molecule has 0 radical (unpaired) electrons. The van der Waals surface area contributed by atoms with Crippen LogP contribution in [0.1, 0.15) is 31.3 Å². The second kappa shape index (κ2) is 10.4. The Hall–Kier alpha value is -3.11. The van der Waals surface area contributed by atoms with Gasteiger partial charge in [-0.25, -0.2) is 9.78 Å². The summed E-state index contributed by atoms with van der Waals surface area (Å²) in [7, 11) is 1.47. The van der Waals surface area contributed by atoms with Gasteiger partial charge in [-0.2, -0.15) is 13.2 Å². The van der Waals surface area contributed by atoms with Crippen molar-refractivity contribution < 1.29 is 22.7 Å². The molecule has 11 heteroatoms. The number of halogens is 4. The smallest absolute Gasteiger partial charge is 0.383 e. The largest absolute Gasteiger partial charge is 0.416 e. The molecule has 7 nitrogen and oxygen atoms in total. The third-order valence-electron chi connectivity index (χ3n) is 5.34. The van der Waals surface area contributed by atoms with Crippen LogP contribution in [0, 0.1) is 0 Å². The van der Waals surface area contributed by atoms with E-state index in [0.717, 1.165) is 12.1 Å². The predicted octanol–water partition coefficient (Wildman–Crippen LogP) is 5.33. The molecule has 1 heterocycles. The van der Waals surface area contributed by atoms with Crippen molar-refractivity contribution in [3.05, 3.63) is 69.2 Å². The van der Waals surface area contributed by atoms with Crippen LogP contribution in [0.4, 0.5) is 23.7 Å². The summed E-state index contributed by atoms with van der Waals surface area (Å²) in [6.07, 6.45) is -4.54. The van der Waals surface area contributed by atoms with E-state index in [2.05, 4.69) is 10.3 Å².